The van der Waals surface area contributed by atoms with E-state index in [2.05, 4.69) is 5.32 Å². The van der Waals surface area contributed by atoms with Crippen LogP contribution in [0.3, 0.4) is 0 Å². The van der Waals surface area contributed by atoms with Crippen molar-refractivity contribution in [3.63, 3.8) is 0 Å². The summed E-state index contributed by atoms with van der Waals surface area (Å²) < 4.78 is 27.0. The molecule has 2 rings (SSSR count). The van der Waals surface area contributed by atoms with Gasteiger partial charge in [-0.1, -0.05) is 19.1 Å². The van der Waals surface area contributed by atoms with Crippen LogP contribution in [0.4, 0.5) is 14.5 Å². The maximum atomic E-state index is 13.5. The van der Waals surface area contributed by atoms with Crippen molar-refractivity contribution in [1.29, 1.82) is 0 Å². The number of nitrogens with one attached hydrogen (secondary N) is 1. The molecule has 0 amide bonds. The molecule has 0 aromatic heterocycles. The molecule has 0 saturated heterocycles. The molecule has 1 unspecified atom stereocenters. The summed E-state index contributed by atoms with van der Waals surface area (Å²) in [6, 6.07) is 11.3. The molecule has 2 aromatic rings. The van der Waals surface area contributed by atoms with Crippen LogP contribution in [-0.2, 0) is 0 Å². The normalized spacial score (nSPS) is 12.2. The maximum absolute atomic E-state index is 13.5. The van der Waals surface area contributed by atoms with Gasteiger partial charge in [0.25, 0.3) is 0 Å². The Kier molecular flexibility index (Phi) is 4.91. The van der Waals surface area contributed by atoms with Crippen LogP contribution in [0.15, 0.2) is 42.5 Å². The van der Waals surface area contributed by atoms with E-state index < -0.39 is 11.6 Å². The first kappa shape index (κ1) is 15.4. The van der Waals surface area contributed by atoms with Gasteiger partial charge in [0.2, 0.25) is 0 Å². The second kappa shape index (κ2) is 6.68. The molecule has 0 heterocycles. The number of nitrogens with zero attached hydrogens (tertiary/aromatic N) is 1. The van der Waals surface area contributed by atoms with Crippen LogP contribution in [0.1, 0.15) is 24.1 Å². The standard InChI is InChI=1S/C17H20F2N2/c1-4-20-17(13-8-14(18)11-15(19)9-13)12-6-5-7-16(10-12)21(2)3/h5-11,17,20H,4H2,1-3H3. The minimum atomic E-state index is -0.559. The van der Waals surface area contributed by atoms with Gasteiger partial charge in [-0.25, -0.2) is 8.78 Å². The van der Waals surface area contributed by atoms with E-state index in [1.807, 2.05) is 50.2 Å². The molecule has 0 aliphatic heterocycles. The minimum Gasteiger partial charge on any atom is -0.378 e. The van der Waals surface area contributed by atoms with Gasteiger partial charge in [-0.15, -0.1) is 0 Å². The number of anilines is 1. The minimum absolute atomic E-state index is 0.236. The van der Waals surface area contributed by atoms with Crippen LogP contribution in [0.5, 0.6) is 0 Å². The summed E-state index contributed by atoms with van der Waals surface area (Å²) in [5.74, 6) is -1.12. The summed E-state index contributed by atoms with van der Waals surface area (Å²) in [5, 5.41) is 3.28. The van der Waals surface area contributed by atoms with Crippen molar-refractivity contribution in [1.82, 2.24) is 5.32 Å². The van der Waals surface area contributed by atoms with E-state index in [-0.39, 0.29) is 6.04 Å². The van der Waals surface area contributed by atoms with Crippen molar-refractivity contribution in [3.05, 3.63) is 65.2 Å². The predicted molar refractivity (Wildman–Crippen MR) is 82.6 cm³/mol. The molecule has 4 heteroatoms. The third kappa shape index (κ3) is 3.79. The van der Waals surface area contributed by atoms with Crippen LogP contribution in [-0.4, -0.2) is 20.6 Å². The lowest BCUT2D eigenvalue weighted by Crippen LogP contribution is -2.22. The fourth-order valence-corrected chi connectivity index (χ4v) is 2.36. The predicted octanol–water partition coefficient (Wildman–Crippen LogP) is 3.73. The van der Waals surface area contributed by atoms with Crippen molar-refractivity contribution in [2.24, 2.45) is 0 Å². The van der Waals surface area contributed by atoms with Gasteiger partial charge in [0, 0.05) is 25.8 Å². The second-order valence-corrected chi connectivity index (χ2v) is 5.18. The summed E-state index contributed by atoms with van der Waals surface area (Å²) in [6.07, 6.45) is 0. The van der Waals surface area contributed by atoms with Gasteiger partial charge in [-0.2, -0.15) is 0 Å². The average Bonchev–Trinajstić information content (AvgIpc) is 2.43. The quantitative estimate of drug-likeness (QED) is 0.902. The van der Waals surface area contributed by atoms with E-state index >= 15 is 0 Å². The van der Waals surface area contributed by atoms with Crippen molar-refractivity contribution in [2.45, 2.75) is 13.0 Å². The SMILES string of the molecule is CCNC(c1cc(F)cc(F)c1)c1cccc(N(C)C)c1. The average molecular weight is 290 g/mol. The van der Waals surface area contributed by atoms with E-state index in [1.54, 1.807) is 0 Å². The molecule has 0 aliphatic carbocycles. The molecule has 2 aromatic carbocycles. The molecule has 1 atom stereocenters. The Morgan fingerprint density at radius 1 is 1.00 bits per heavy atom. The van der Waals surface area contributed by atoms with E-state index in [1.165, 1.54) is 12.1 Å². The lowest BCUT2D eigenvalue weighted by Gasteiger charge is -2.21. The van der Waals surface area contributed by atoms with Gasteiger partial charge < -0.3 is 10.2 Å². The van der Waals surface area contributed by atoms with Crippen molar-refractivity contribution >= 4 is 5.69 Å². The van der Waals surface area contributed by atoms with Gasteiger partial charge in [0.15, 0.2) is 0 Å². The Hall–Kier alpha value is -1.94. The van der Waals surface area contributed by atoms with E-state index in [0.717, 1.165) is 17.3 Å². The van der Waals surface area contributed by atoms with Gasteiger partial charge in [-0.05, 0) is 41.9 Å². The van der Waals surface area contributed by atoms with Crippen molar-refractivity contribution in [3.8, 4) is 0 Å². The molecule has 21 heavy (non-hydrogen) atoms. The molecule has 2 nitrogen and oxygen atoms in total. The lowest BCUT2D eigenvalue weighted by atomic mass is 9.97. The van der Waals surface area contributed by atoms with Crippen LogP contribution in [0.25, 0.3) is 0 Å². The number of hydrogen-bond donors (Lipinski definition) is 1. The Balaban J connectivity index is 2.45. The summed E-state index contributed by atoms with van der Waals surface area (Å²) in [4.78, 5) is 2.00. The first-order valence-corrected chi connectivity index (χ1v) is 6.98. The maximum Gasteiger partial charge on any atom is 0.126 e. The van der Waals surface area contributed by atoms with Crippen LogP contribution < -0.4 is 10.2 Å². The topological polar surface area (TPSA) is 15.3 Å². The summed E-state index contributed by atoms with van der Waals surface area (Å²) in [7, 11) is 3.92. The third-order valence-corrected chi connectivity index (χ3v) is 3.35. The molecule has 1 N–H and O–H groups in total. The monoisotopic (exact) mass is 290 g/mol. The second-order valence-electron chi connectivity index (χ2n) is 5.18. The van der Waals surface area contributed by atoms with Crippen LogP contribution in [0.2, 0.25) is 0 Å². The fraction of sp³-hybridized carbons (Fsp3) is 0.294. The van der Waals surface area contributed by atoms with Crippen molar-refractivity contribution in [2.75, 3.05) is 25.5 Å². The molecule has 0 aliphatic rings. The van der Waals surface area contributed by atoms with Gasteiger partial charge in [-0.3, -0.25) is 0 Å². The van der Waals surface area contributed by atoms with E-state index in [4.69, 9.17) is 0 Å². The summed E-state index contributed by atoms with van der Waals surface area (Å²) in [6.45, 7) is 2.67. The van der Waals surface area contributed by atoms with Gasteiger partial charge in [0.1, 0.15) is 11.6 Å². The number of halogens is 2. The zero-order chi connectivity index (χ0) is 15.4. The smallest absolute Gasteiger partial charge is 0.126 e. The molecule has 0 fully saturated rings. The Bertz CT molecular complexity index is 591. The first-order chi connectivity index (χ1) is 10.0. The van der Waals surface area contributed by atoms with Crippen LogP contribution >= 0.6 is 0 Å². The molecule has 0 bridgehead atoms. The third-order valence-electron chi connectivity index (χ3n) is 3.35. The fourth-order valence-electron chi connectivity index (χ4n) is 2.36. The Morgan fingerprint density at radius 3 is 2.24 bits per heavy atom. The molecular formula is C17H20F2N2. The molecule has 0 spiro atoms. The molecular weight excluding hydrogens is 270 g/mol. The Labute approximate surface area is 124 Å². The Morgan fingerprint density at radius 2 is 1.67 bits per heavy atom. The molecule has 112 valence electrons. The zero-order valence-electron chi connectivity index (χ0n) is 12.5. The highest BCUT2D eigenvalue weighted by molar-refractivity contribution is 5.49. The molecule has 0 radical (unpaired) electrons. The molecule has 0 saturated carbocycles. The van der Waals surface area contributed by atoms with Gasteiger partial charge >= 0.3 is 0 Å². The zero-order valence-corrected chi connectivity index (χ0v) is 12.5. The summed E-state index contributed by atoms with van der Waals surface area (Å²) >= 11 is 0. The highest BCUT2D eigenvalue weighted by Gasteiger charge is 2.15. The largest absolute Gasteiger partial charge is 0.378 e. The van der Waals surface area contributed by atoms with Crippen LogP contribution in [0, 0.1) is 11.6 Å². The number of hydrogen-bond acceptors (Lipinski definition) is 2. The number of benzene rings is 2. The lowest BCUT2D eigenvalue weighted by molar-refractivity contribution is 0.565. The first-order valence-electron chi connectivity index (χ1n) is 6.98. The number of rotatable bonds is 5. The van der Waals surface area contributed by atoms with Crippen molar-refractivity contribution < 1.29 is 8.78 Å². The highest BCUT2D eigenvalue weighted by Crippen LogP contribution is 2.26. The van der Waals surface area contributed by atoms with E-state index in [9.17, 15) is 8.78 Å². The summed E-state index contributed by atoms with van der Waals surface area (Å²) in [5.41, 5.74) is 2.62. The van der Waals surface area contributed by atoms with E-state index in [0.29, 0.717) is 12.1 Å². The highest BCUT2D eigenvalue weighted by atomic mass is 19.1. The van der Waals surface area contributed by atoms with Gasteiger partial charge in [0.05, 0.1) is 6.04 Å².